The minimum absolute atomic E-state index is 0.505. The van der Waals surface area contributed by atoms with Crippen LogP contribution in [0.4, 0.5) is 11.4 Å². The standard InChI is InChI=1S/C12H15N5O2/c1-17-7-15-12(16-17)6-14-9-5-11-10(4-8(9)13)18-2-3-19-11/h4-5,7,14H,2-3,6,13H2,1H3. The van der Waals surface area contributed by atoms with Gasteiger partial charge in [0, 0.05) is 19.2 Å². The Morgan fingerprint density at radius 3 is 2.74 bits per heavy atom. The molecular weight excluding hydrogens is 246 g/mol. The van der Waals surface area contributed by atoms with Gasteiger partial charge in [0.15, 0.2) is 17.3 Å². The highest BCUT2D eigenvalue weighted by molar-refractivity contribution is 5.72. The van der Waals surface area contributed by atoms with Crippen LogP contribution < -0.4 is 20.5 Å². The summed E-state index contributed by atoms with van der Waals surface area (Å²) in [6.45, 7) is 1.61. The fraction of sp³-hybridized carbons (Fsp3) is 0.333. The largest absolute Gasteiger partial charge is 0.486 e. The van der Waals surface area contributed by atoms with Crippen molar-refractivity contribution in [1.29, 1.82) is 0 Å². The van der Waals surface area contributed by atoms with Crippen molar-refractivity contribution in [3.8, 4) is 11.5 Å². The van der Waals surface area contributed by atoms with Crippen molar-refractivity contribution < 1.29 is 9.47 Å². The Hall–Kier alpha value is -2.44. The molecule has 0 aliphatic carbocycles. The molecular formula is C12H15N5O2. The Labute approximate surface area is 110 Å². The highest BCUT2D eigenvalue weighted by Crippen LogP contribution is 2.36. The van der Waals surface area contributed by atoms with E-state index in [0.29, 0.717) is 42.8 Å². The van der Waals surface area contributed by atoms with Gasteiger partial charge in [0.05, 0.1) is 17.9 Å². The predicted octanol–water partition coefficient (Wildman–Crippen LogP) is 0.781. The fourth-order valence-corrected chi connectivity index (χ4v) is 1.90. The van der Waals surface area contributed by atoms with Crippen LogP contribution in [-0.2, 0) is 13.6 Å². The van der Waals surface area contributed by atoms with Crippen LogP contribution in [0.3, 0.4) is 0 Å². The first-order valence-corrected chi connectivity index (χ1v) is 6.00. The molecule has 0 amide bonds. The maximum Gasteiger partial charge on any atom is 0.169 e. The highest BCUT2D eigenvalue weighted by Gasteiger charge is 2.14. The molecule has 7 nitrogen and oxygen atoms in total. The Kier molecular flexibility index (Phi) is 2.86. The van der Waals surface area contributed by atoms with Gasteiger partial charge in [0.25, 0.3) is 0 Å². The lowest BCUT2D eigenvalue weighted by atomic mass is 10.2. The molecule has 19 heavy (non-hydrogen) atoms. The van der Waals surface area contributed by atoms with E-state index in [1.807, 2.05) is 13.1 Å². The van der Waals surface area contributed by atoms with Crippen LogP contribution in [0.25, 0.3) is 0 Å². The molecule has 0 spiro atoms. The second-order valence-corrected chi connectivity index (χ2v) is 4.27. The summed E-state index contributed by atoms with van der Waals surface area (Å²) in [5, 5.41) is 7.38. The molecule has 1 aromatic heterocycles. The zero-order valence-electron chi connectivity index (χ0n) is 10.6. The monoisotopic (exact) mass is 261 g/mol. The second kappa shape index (κ2) is 4.68. The summed E-state index contributed by atoms with van der Waals surface area (Å²) in [5.41, 5.74) is 7.37. The van der Waals surface area contributed by atoms with Crippen LogP contribution in [0.2, 0.25) is 0 Å². The lowest BCUT2D eigenvalue weighted by Gasteiger charge is -2.20. The molecule has 1 aromatic carbocycles. The topological polar surface area (TPSA) is 87.2 Å². The summed E-state index contributed by atoms with van der Waals surface area (Å²) in [7, 11) is 1.83. The summed E-state index contributed by atoms with van der Waals surface area (Å²) < 4.78 is 12.6. The molecule has 0 bridgehead atoms. The van der Waals surface area contributed by atoms with Crippen LogP contribution in [0.1, 0.15) is 5.82 Å². The van der Waals surface area contributed by atoms with Gasteiger partial charge in [-0.05, 0) is 0 Å². The van der Waals surface area contributed by atoms with Crippen molar-refractivity contribution in [1.82, 2.24) is 14.8 Å². The molecule has 3 N–H and O–H groups in total. The lowest BCUT2D eigenvalue weighted by molar-refractivity contribution is 0.172. The van der Waals surface area contributed by atoms with Gasteiger partial charge in [-0.2, -0.15) is 5.10 Å². The predicted molar refractivity (Wildman–Crippen MR) is 70.2 cm³/mol. The van der Waals surface area contributed by atoms with Crippen molar-refractivity contribution in [3.05, 3.63) is 24.3 Å². The van der Waals surface area contributed by atoms with Crippen molar-refractivity contribution >= 4 is 11.4 Å². The number of nitrogen functional groups attached to an aromatic ring is 1. The number of nitrogens with zero attached hydrogens (tertiary/aromatic N) is 3. The number of nitrogens with one attached hydrogen (secondary N) is 1. The van der Waals surface area contributed by atoms with E-state index >= 15 is 0 Å². The highest BCUT2D eigenvalue weighted by atomic mass is 16.6. The number of nitrogens with two attached hydrogens (primary N) is 1. The molecule has 0 radical (unpaired) electrons. The summed E-state index contributed by atoms with van der Waals surface area (Å²) in [6, 6.07) is 3.61. The molecule has 0 fully saturated rings. The van der Waals surface area contributed by atoms with Crippen LogP contribution in [0.5, 0.6) is 11.5 Å². The van der Waals surface area contributed by atoms with Crippen LogP contribution >= 0.6 is 0 Å². The third-order valence-corrected chi connectivity index (χ3v) is 2.80. The molecule has 7 heteroatoms. The average molecular weight is 261 g/mol. The summed E-state index contributed by atoms with van der Waals surface area (Å²) >= 11 is 0. The Morgan fingerprint density at radius 2 is 2.05 bits per heavy atom. The van der Waals surface area contributed by atoms with E-state index in [9.17, 15) is 0 Å². The van der Waals surface area contributed by atoms with Crippen molar-refractivity contribution in [3.63, 3.8) is 0 Å². The van der Waals surface area contributed by atoms with E-state index in [-0.39, 0.29) is 0 Å². The zero-order chi connectivity index (χ0) is 13.2. The average Bonchev–Trinajstić information content (AvgIpc) is 2.82. The van der Waals surface area contributed by atoms with Gasteiger partial charge < -0.3 is 20.5 Å². The van der Waals surface area contributed by atoms with Gasteiger partial charge in [-0.3, -0.25) is 4.68 Å². The molecule has 0 saturated carbocycles. The lowest BCUT2D eigenvalue weighted by Crippen LogP contribution is -2.16. The van der Waals surface area contributed by atoms with E-state index in [1.165, 1.54) is 0 Å². The summed E-state index contributed by atoms with van der Waals surface area (Å²) in [4.78, 5) is 4.14. The first-order valence-electron chi connectivity index (χ1n) is 6.00. The molecule has 0 unspecified atom stereocenters. The number of anilines is 2. The smallest absolute Gasteiger partial charge is 0.169 e. The molecule has 100 valence electrons. The number of rotatable bonds is 3. The number of fused-ring (bicyclic) bond motifs is 1. The van der Waals surface area contributed by atoms with E-state index < -0.39 is 0 Å². The number of hydrogen-bond donors (Lipinski definition) is 2. The normalized spacial score (nSPS) is 13.3. The number of hydrogen-bond acceptors (Lipinski definition) is 6. The quantitative estimate of drug-likeness (QED) is 0.794. The van der Waals surface area contributed by atoms with E-state index in [0.717, 1.165) is 5.69 Å². The molecule has 1 aliphatic heterocycles. The molecule has 0 atom stereocenters. The minimum atomic E-state index is 0.505. The first kappa shape index (κ1) is 11.6. The number of ether oxygens (including phenoxy) is 2. The fourth-order valence-electron chi connectivity index (χ4n) is 1.90. The van der Waals surface area contributed by atoms with Gasteiger partial charge in [-0.25, -0.2) is 4.98 Å². The minimum Gasteiger partial charge on any atom is -0.486 e. The van der Waals surface area contributed by atoms with Crippen LogP contribution in [0.15, 0.2) is 18.5 Å². The van der Waals surface area contributed by atoms with Crippen molar-refractivity contribution in [2.45, 2.75) is 6.54 Å². The molecule has 2 heterocycles. The van der Waals surface area contributed by atoms with Gasteiger partial charge in [0.1, 0.15) is 19.5 Å². The zero-order valence-corrected chi connectivity index (χ0v) is 10.6. The maximum absolute atomic E-state index is 5.97. The number of aromatic nitrogens is 3. The first-order chi connectivity index (χ1) is 9.22. The SMILES string of the molecule is Cn1cnc(CNc2cc3c(cc2N)OCCO3)n1. The molecule has 3 rings (SSSR count). The van der Waals surface area contributed by atoms with Crippen molar-refractivity contribution in [2.75, 3.05) is 24.3 Å². The Balaban J connectivity index is 1.77. The Bertz CT molecular complexity index is 596. The second-order valence-electron chi connectivity index (χ2n) is 4.27. The molecule has 2 aromatic rings. The van der Waals surface area contributed by atoms with E-state index in [1.54, 1.807) is 17.1 Å². The third kappa shape index (κ3) is 2.40. The Morgan fingerprint density at radius 1 is 1.32 bits per heavy atom. The number of aryl methyl sites for hydroxylation is 1. The van der Waals surface area contributed by atoms with Gasteiger partial charge in [-0.15, -0.1) is 0 Å². The van der Waals surface area contributed by atoms with Crippen molar-refractivity contribution in [2.24, 2.45) is 7.05 Å². The van der Waals surface area contributed by atoms with E-state index in [4.69, 9.17) is 15.2 Å². The number of benzene rings is 1. The van der Waals surface area contributed by atoms with Gasteiger partial charge in [0.2, 0.25) is 0 Å². The summed E-state index contributed by atoms with van der Waals surface area (Å²) in [5.74, 6) is 2.10. The van der Waals surface area contributed by atoms with E-state index in [2.05, 4.69) is 15.4 Å². The summed E-state index contributed by atoms with van der Waals surface area (Å²) in [6.07, 6.45) is 1.66. The van der Waals surface area contributed by atoms with Crippen LogP contribution in [-0.4, -0.2) is 28.0 Å². The molecule has 0 saturated heterocycles. The maximum atomic E-state index is 5.97. The third-order valence-electron chi connectivity index (χ3n) is 2.80. The molecule has 1 aliphatic rings. The van der Waals surface area contributed by atoms with Crippen LogP contribution in [0, 0.1) is 0 Å². The van der Waals surface area contributed by atoms with Gasteiger partial charge in [-0.1, -0.05) is 0 Å². The van der Waals surface area contributed by atoms with Gasteiger partial charge >= 0.3 is 0 Å².